The minimum Gasteiger partial charge on any atom is -0.396 e. The maximum Gasteiger partial charge on any atom is 0.282 e. The normalized spacial score (nSPS) is 18.8. The molecule has 8 heteroatoms. The lowest BCUT2D eigenvalue weighted by atomic mass is 10.00. The first-order valence-electron chi connectivity index (χ1n) is 6.66. The van der Waals surface area contributed by atoms with E-state index in [1.165, 1.54) is 19.9 Å². The molecule has 1 aliphatic rings. The van der Waals surface area contributed by atoms with E-state index in [1.807, 2.05) is 6.92 Å². The Morgan fingerprint density at radius 3 is 2.65 bits per heavy atom. The zero-order valence-corrected chi connectivity index (χ0v) is 13.5. The van der Waals surface area contributed by atoms with Crippen LogP contribution in [0.5, 0.6) is 0 Å². The van der Waals surface area contributed by atoms with E-state index < -0.39 is 10.2 Å². The van der Waals surface area contributed by atoms with Crippen LogP contribution in [0.15, 0.2) is 5.51 Å². The number of thiazole rings is 1. The van der Waals surface area contributed by atoms with Crippen LogP contribution in [0, 0.1) is 12.8 Å². The Morgan fingerprint density at radius 2 is 2.15 bits per heavy atom. The molecule has 1 aromatic heterocycles. The minimum absolute atomic E-state index is 0.143. The van der Waals surface area contributed by atoms with Gasteiger partial charge in [0.25, 0.3) is 10.2 Å². The van der Waals surface area contributed by atoms with Crippen molar-refractivity contribution in [3.8, 4) is 0 Å². The monoisotopic (exact) mass is 319 g/mol. The second-order valence-corrected chi connectivity index (χ2v) is 8.12. The second-order valence-electron chi connectivity index (χ2n) is 5.15. The van der Waals surface area contributed by atoms with Gasteiger partial charge in [-0.2, -0.15) is 17.0 Å². The van der Waals surface area contributed by atoms with Crippen LogP contribution in [-0.2, 0) is 16.8 Å². The van der Waals surface area contributed by atoms with Crippen LogP contribution in [0.4, 0.5) is 0 Å². The quantitative estimate of drug-likeness (QED) is 0.872. The van der Waals surface area contributed by atoms with Crippen molar-refractivity contribution in [1.82, 2.24) is 13.6 Å². The van der Waals surface area contributed by atoms with E-state index in [4.69, 9.17) is 5.11 Å². The van der Waals surface area contributed by atoms with Crippen molar-refractivity contribution in [2.24, 2.45) is 5.92 Å². The van der Waals surface area contributed by atoms with Gasteiger partial charge in [0.15, 0.2) is 0 Å². The third-order valence-corrected chi connectivity index (χ3v) is 6.62. The molecular weight excluding hydrogens is 298 g/mol. The summed E-state index contributed by atoms with van der Waals surface area (Å²) in [5, 5.41) is 9.11. The Balaban J connectivity index is 2.01. The predicted molar refractivity (Wildman–Crippen MR) is 78.6 cm³/mol. The molecule has 0 amide bonds. The predicted octanol–water partition coefficient (Wildman–Crippen LogP) is 0.832. The standard InChI is InChI=1S/C12H21N3O3S2/c1-10-12(19-9-13-10)7-14(2)20(17,18)15-5-3-11(8-16)4-6-15/h9,11,16H,3-8H2,1-2H3. The maximum absolute atomic E-state index is 12.5. The fraction of sp³-hybridized carbons (Fsp3) is 0.750. The number of hydrogen-bond donors (Lipinski definition) is 1. The molecular formula is C12H21N3O3S2. The molecule has 1 N–H and O–H groups in total. The minimum atomic E-state index is -3.42. The number of nitrogens with zero attached hydrogens (tertiary/aromatic N) is 3. The fourth-order valence-corrected chi connectivity index (χ4v) is 4.55. The van der Waals surface area contributed by atoms with E-state index in [9.17, 15) is 8.42 Å². The van der Waals surface area contributed by atoms with Gasteiger partial charge in [0, 0.05) is 31.6 Å². The fourth-order valence-electron chi connectivity index (χ4n) is 2.28. The molecule has 20 heavy (non-hydrogen) atoms. The summed E-state index contributed by atoms with van der Waals surface area (Å²) in [5.74, 6) is 0.232. The van der Waals surface area contributed by atoms with Crippen LogP contribution >= 0.6 is 11.3 Å². The van der Waals surface area contributed by atoms with Crippen LogP contribution in [0.25, 0.3) is 0 Å². The first kappa shape index (κ1) is 15.8. The highest BCUT2D eigenvalue weighted by Gasteiger charge is 2.31. The molecule has 0 aliphatic carbocycles. The molecule has 1 fully saturated rings. The number of aliphatic hydroxyl groups excluding tert-OH is 1. The van der Waals surface area contributed by atoms with Gasteiger partial charge in [-0.3, -0.25) is 0 Å². The van der Waals surface area contributed by atoms with Crippen molar-refractivity contribution in [3.63, 3.8) is 0 Å². The van der Waals surface area contributed by atoms with E-state index in [1.54, 1.807) is 12.6 Å². The van der Waals surface area contributed by atoms with E-state index >= 15 is 0 Å². The van der Waals surface area contributed by atoms with Crippen molar-refractivity contribution >= 4 is 21.5 Å². The zero-order valence-electron chi connectivity index (χ0n) is 11.8. The van der Waals surface area contributed by atoms with Crippen molar-refractivity contribution < 1.29 is 13.5 Å². The van der Waals surface area contributed by atoms with Gasteiger partial charge in [0.1, 0.15) is 0 Å². The zero-order chi connectivity index (χ0) is 14.8. The number of hydrogen-bond acceptors (Lipinski definition) is 5. The molecule has 1 saturated heterocycles. The van der Waals surface area contributed by atoms with E-state index in [2.05, 4.69) is 4.98 Å². The molecule has 114 valence electrons. The smallest absolute Gasteiger partial charge is 0.282 e. The van der Waals surface area contributed by atoms with Crippen LogP contribution in [0.1, 0.15) is 23.4 Å². The van der Waals surface area contributed by atoms with Gasteiger partial charge < -0.3 is 5.11 Å². The molecule has 2 heterocycles. The van der Waals surface area contributed by atoms with Crippen molar-refractivity contribution in [2.45, 2.75) is 26.3 Å². The third kappa shape index (κ3) is 3.37. The molecule has 0 aromatic carbocycles. The molecule has 0 bridgehead atoms. The Bertz CT molecular complexity index is 536. The highest BCUT2D eigenvalue weighted by molar-refractivity contribution is 7.86. The lowest BCUT2D eigenvalue weighted by Gasteiger charge is -2.33. The highest BCUT2D eigenvalue weighted by atomic mass is 32.2. The third-order valence-electron chi connectivity index (χ3n) is 3.76. The SMILES string of the molecule is Cc1ncsc1CN(C)S(=O)(=O)N1CCC(CO)CC1. The largest absolute Gasteiger partial charge is 0.396 e. The molecule has 0 spiro atoms. The Labute approximate surface area is 124 Å². The second kappa shape index (κ2) is 6.48. The van der Waals surface area contributed by atoms with Crippen molar-refractivity contribution in [2.75, 3.05) is 26.7 Å². The summed E-state index contributed by atoms with van der Waals surface area (Å²) in [7, 11) is -1.82. The van der Waals surface area contributed by atoms with Gasteiger partial charge in [0.2, 0.25) is 0 Å². The number of piperidine rings is 1. The van der Waals surface area contributed by atoms with Crippen LogP contribution in [0.3, 0.4) is 0 Å². The van der Waals surface area contributed by atoms with Crippen LogP contribution < -0.4 is 0 Å². The maximum atomic E-state index is 12.5. The van der Waals surface area contributed by atoms with Gasteiger partial charge in [-0.25, -0.2) is 4.98 Å². The molecule has 2 rings (SSSR count). The number of aliphatic hydroxyl groups is 1. The Hall–Kier alpha value is -0.540. The summed E-state index contributed by atoms with van der Waals surface area (Å²) in [6.45, 7) is 3.36. The first-order valence-corrected chi connectivity index (χ1v) is 8.94. The van der Waals surface area contributed by atoms with Crippen molar-refractivity contribution in [3.05, 3.63) is 16.1 Å². The summed E-state index contributed by atoms with van der Waals surface area (Å²) in [4.78, 5) is 5.11. The topological polar surface area (TPSA) is 73.7 Å². The Kier molecular flexibility index (Phi) is 5.14. The molecule has 1 aromatic rings. The van der Waals surface area contributed by atoms with E-state index in [-0.39, 0.29) is 12.5 Å². The van der Waals surface area contributed by atoms with Gasteiger partial charge in [-0.15, -0.1) is 11.3 Å². The molecule has 0 unspecified atom stereocenters. The summed E-state index contributed by atoms with van der Waals surface area (Å²) in [5.41, 5.74) is 2.62. The number of aromatic nitrogens is 1. The summed E-state index contributed by atoms with van der Waals surface area (Å²) in [6.07, 6.45) is 1.45. The summed E-state index contributed by atoms with van der Waals surface area (Å²) < 4.78 is 27.9. The summed E-state index contributed by atoms with van der Waals surface area (Å²) >= 11 is 1.48. The molecule has 0 radical (unpaired) electrons. The molecule has 6 nitrogen and oxygen atoms in total. The Morgan fingerprint density at radius 1 is 1.50 bits per heavy atom. The number of aryl methyl sites for hydroxylation is 1. The summed E-state index contributed by atoms with van der Waals surface area (Å²) in [6, 6.07) is 0. The van der Waals surface area contributed by atoms with E-state index in [0.717, 1.165) is 23.4 Å². The average Bonchev–Trinajstić information content (AvgIpc) is 2.84. The van der Waals surface area contributed by atoms with Gasteiger partial charge in [-0.1, -0.05) is 0 Å². The molecule has 0 atom stereocenters. The van der Waals surface area contributed by atoms with Gasteiger partial charge in [0.05, 0.1) is 17.7 Å². The van der Waals surface area contributed by atoms with Gasteiger partial charge >= 0.3 is 0 Å². The first-order chi connectivity index (χ1) is 9.45. The van der Waals surface area contributed by atoms with Gasteiger partial charge in [-0.05, 0) is 25.7 Å². The lowest BCUT2D eigenvalue weighted by molar-refractivity contribution is 0.166. The van der Waals surface area contributed by atoms with Crippen LogP contribution in [-0.4, -0.2) is 53.9 Å². The lowest BCUT2D eigenvalue weighted by Crippen LogP contribution is -2.45. The molecule has 1 aliphatic heterocycles. The molecule has 0 saturated carbocycles. The highest BCUT2D eigenvalue weighted by Crippen LogP contribution is 2.22. The number of rotatable bonds is 5. The van der Waals surface area contributed by atoms with E-state index in [0.29, 0.717) is 19.6 Å². The van der Waals surface area contributed by atoms with Crippen molar-refractivity contribution in [1.29, 1.82) is 0 Å². The average molecular weight is 319 g/mol. The van der Waals surface area contributed by atoms with Crippen LogP contribution in [0.2, 0.25) is 0 Å².